The van der Waals surface area contributed by atoms with Crippen molar-refractivity contribution in [3.8, 4) is 22.6 Å². The van der Waals surface area contributed by atoms with Crippen molar-refractivity contribution in [2.75, 3.05) is 53.0 Å². The van der Waals surface area contributed by atoms with Crippen molar-refractivity contribution in [1.82, 2.24) is 9.80 Å². The number of piperazine rings is 1. The van der Waals surface area contributed by atoms with Crippen molar-refractivity contribution in [3.63, 3.8) is 0 Å². The first-order valence-corrected chi connectivity index (χ1v) is 10.5. The lowest BCUT2D eigenvalue weighted by atomic mass is 10.0. The zero-order chi connectivity index (χ0) is 20.9. The normalized spacial score (nSPS) is 15.4. The van der Waals surface area contributed by atoms with Crippen LogP contribution in [0.1, 0.15) is 6.92 Å². The summed E-state index contributed by atoms with van der Waals surface area (Å²) in [6, 6.07) is 15.0. The molecule has 0 saturated carbocycles. The van der Waals surface area contributed by atoms with Gasteiger partial charge in [0.05, 0.1) is 7.11 Å². The van der Waals surface area contributed by atoms with Gasteiger partial charge in [-0.25, -0.2) is 4.79 Å². The van der Waals surface area contributed by atoms with Gasteiger partial charge in [0.15, 0.2) is 11.5 Å². The van der Waals surface area contributed by atoms with Gasteiger partial charge in [0.25, 0.3) is 0 Å². The maximum atomic E-state index is 12.1. The van der Waals surface area contributed by atoms with Crippen LogP contribution >= 0.6 is 0 Å². The third-order valence-electron chi connectivity index (χ3n) is 5.69. The summed E-state index contributed by atoms with van der Waals surface area (Å²) < 4.78 is 17.1. The Hall–Kier alpha value is -2.83. The van der Waals surface area contributed by atoms with Crippen LogP contribution in [-0.2, 0) is 0 Å². The van der Waals surface area contributed by atoms with Crippen LogP contribution in [-0.4, -0.2) is 62.8 Å². The molecule has 0 N–H and O–H groups in total. The van der Waals surface area contributed by atoms with Crippen LogP contribution in [0.5, 0.6) is 11.5 Å². The van der Waals surface area contributed by atoms with Gasteiger partial charge in [-0.2, -0.15) is 0 Å². The van der Waals surface area contributed by atoms with Crippen LogP contribution in [0.15, 0.2) is 57.7 Å². The van der Waals surface area contributed by atoms with E-state index in [4.69, 9.17) is 13.9 Å². The molecule has 1 fully saturated rings. The predicted octanol–water partition coefficient (Wildman–Crippen LogP) is 3.48. The summed E-state index contributed by atoms with van der Waals surface area (Å²) in [4.78, 5) is 17.0. The van der Waals surface area contributed by atoms with Gasteiger partial charge >= 0.3 is 5.63 Å². The molecule has 6 heteroatoms. The van der Waals surface area contributed by atoms with E-state index in [-0.39, 0.29) is 5.63 Å². The quantitative estimate of drug-likeness (QED) is 0.558. The maximum absolute atomic E-state index is 12.1. The second-order valence-corrected chi connectivity index (χ2v) is 7.47. The molecule has 1 aliphatic heterocycles. The average Bonchev–Trinajstić information content (AvgIpc) is 2.79. The molecule has 0 spiro atoms. The molecule has 1 saturated heterocycles. The molecule has 0 radical (unpaired) electrons. The summed E-state index contributed by atoms with van der Waals surface area (Å²) in [5.41, 5.74) is 1.88. The zero-order valence-electron chi connectivity index (χ0n) is 17.6. The molecule has 0 aliphatic carbocycles. The van der Waals surface area contributed by atoms with Crippen molar-refractivity contribution in [2.45, 2.75) is 6.92 Å². The standard InChI is InChI=1S/C24H28N2O4/c1-3-25-9-11-26(12-10-25)13-14-29-23-15-20-19(18-7-5-4-6-8-18)16-24(27)30-21(20)17-22(23)28-2/h4-8,15-17H,3,9-14H2,1-2H3. The Bertz CT molecular complexity index is 1040. The molecule has 0 amide bonds. The van der Waals surface area contributed by atoms with E-state index in [0.29, 0.717) is 23.7 Å². The molecule has 4 rings (SSSR count). The summed E-state index contributed by atoms with van der Waals surface area (Å²) in [5.74, 6) is 1.22. The molecule has 0 unspecified atom stereocenters. The van der Waals surface area contributed by atoms with E-state index >= 15 is 0 Å². The number of nitrogens with zero attached hydrogens (tertiary/aromatic N) is 2. The number of methoxy groups -OCH3 is 1. The smallest absolute Gasteiger partial charge is 0.336 e. The molecule has 1 aliphatic rings. The molecular formula is C24H28N2O4. The number of likely N-dealkylation sites (N-methyl/N-ethyl adjacent to an activating group) is 1. The highest BCUT2D eigenvalue weighted by atomic mass is 16.5. The van der Waals surface area contributed by atoms with Gasteiger partial charge in [0, 0.05) is 50.2 Å². The molecule has 30 heavy (non-hydrogen) atoms. The topological polar surface area (TPSA) is 55.2 Å². The SMILES string of the molecule is CCN1CCN(CCOc2cc3c(-c4ccccc4)cc(=O)oc3cc2OC)CC1. The van der Waals surface area contributed by atoms with Crippen molar-refractivity contribution in [3.05, 3.63) is 59.0 Å². The summed E-state index contributed by atoms with van der Waals surface area (Å²) in [5, 5.41) is 0.827. The van der Waals surface area contributed by atoms with Gasteiger partial charge < -0.3 is 18.8 Å². The van der Waals surface area contributed by atoms with E-state index in [9.17, 15) is 4.79 Å². The first kappa shape index (κ1) is 20.4. The van der Waals surface area contributed by atoms with E-state index in [1.54, 1.807) is 13.2 Å². The summed E-state index contributed by atoms with van der Waals surface area (Å²) in [6.45, 7) is 9.10. The molecule has 1 aromatic heterocycles. The van der Waals surface area contributed by atoms with Crippen LogP contribution in [0.4, 0.5) is 0 Å². The van der Waals surface area contributed by atoms with Crippen LogP contribution < -0.4 is 15.1 Å². The van der Waals surface area contributed by atoms with Gasteiger partial charge in [-0.15, -0.1) is 0 Å². The molecule has 158 valence electrons. The third kappa shape index (κ3) is 4.50. The molecule has 0 atom stereocenters. The van der Waals surface area contributed by atoms with Crippen molar-refractivity contribution < 1.29 is 13.9 Å². The van der Waals surface area contributed by atoms with Crippen molar-refractivity contribution in [2.24, 2.45) is 0 Å². The molecule has 2 heterocycles. The average molecular weight is 408 g/mol. The maximum Gasteiger partial charge on any atom is 0.336 e. The monoisotopic (exact) mass is 408 g/mol. The minimum Gasteiger partial charge on any atom is -0.493 e. The Balaban J connectivity index is 1.57. The number of benzene rings is 2. The molecular weight excluding hydrogens is 380 g/mol. The number of ether oxygens (including phenoxy) is 2. The number of fused-ring (bicyclic) bond motifs is 1. The van der Waals surface area contributed by atoms with E-state index in [1.807, 2.05) is 36.4 Å². The highest BCUT2D eigenvalue weighted by Gasteiger charge is 2.17. The van der Waals surface area contributed by atoms with Crippen molar-refractivity contribution in [1.29, 1.82) is 0 Å². The first-order chi connectivity index (χ1) is 14.7. The second kappa shape index (κ2) is 9.32. The molecule has 2 aromatic carbocycles. The number of rotatable bonds is 7. The summed E-state index contributed by atoms with van der Waals surface area (Å²) >= 11 is 0. The van der Waals surface area contributed by atoms with Crippen LogP contribution in [0.3, 0.4) is 0 Å². The van der Waals surface area contributed by atoms with E-state index in [2.05, 4.69) is 16.7 Å². The first-order valence-electron chi connectivity index (χ1n) is 10.5. The van der Waals surface area contributed by atoms with E-state index < -0.39 is 0 Å². The van der Waals surface area contributed by atoms with Gasteiger partial charge in [-0.05, 0) is 23.7 Å². The van der Waals surface area contributed by atoms with E-state index in [0.717, 1.165) is 55.8 Å². The Morgan fingerprint density at radius 1 is 0.967 bits per heavy atom. The lowest BCUT2D eigenvalue weighted by Gasteiger charge is -2.33. The third-order valence-corrected chi connectivity index (χ3v) is 5.69. The summed E-state index contributed by atoms with van der Waals surface area (Å²) in [7, 11) is 1.59. The lowest BCUT2D eigenvalue weighted by Crippen LogP contribution is -2.47. The Kier molecular flexibility index (Phi) is 6.35. The summed E-state index contributed by atoms with van der Waals surface area (Å²) in [6.07, 6.45) is 0. The van der Waals surface area contributed by atoms with Crippen LogP contribution in [0.2, 0.25) is 0 Å². The van der Waals surface area contributed by atoms with E-state index in [1.165, 1.54) is 6.07 Å². The minimum absolute atomic E-state index is 0.386. The van der Waals surface area contributed by atoms with Crippen molar-refractivity contribution >= 4 is 11.0 Å². The Morgan fingerprint density at radius 3 is 2.40 bits per heavy atom. The lowest BCUT2D eigenvalue weighted by molar-refractivity contribution is 0.120. The largest absolute Gasteiger partial charge is 0.493 e. The predicted molar refractivity (Wildman–Crippen MR) is 119 cm³/mol. The fourth-order valence-electron chi connectivity index (χ4n) is 3.91. The highest BCUT2D eigenvalue weighted by molar-refractivity contribution is 5.95. The number of hydrogen-bond donors (Lipinski definition) is 0. The van der Waals surface area contributed by atoms with Gasteiger partial charge in [-0.1, -0.05) is 37.3 Å². The molecule has 6 nitrogen and oxygen atoms in total. The fourth-order valence-corrected chi connectivity index (χ4v) is 3.91. The zero-order valence-corrected chi connectivity index (χ0v) is 17.6. The minimum atomic E-state index is -0.386. The fraction of sp³-hybridized carbons (Fsp3) is 0.375. The van der Waals surface area contributed by atoms with Gasteiger partial charge in [-0.3, -0.25) is 4.90 Å². The second-order valence-electron chi connectivity index (χ2n) is 7.47. The molecule has 0 bridgehead atoms. The Labute approximate surface area is 176 Å². The number of hydrogen-bond acceptors (Lipinski definition) is 6. The van der Waals surface area contributed by atoms with Crippen LogP contribution in [0, 0.1) is 0 Å². The molecule has 3 aromatic rings. The van der Waals surface area contributed by atoms with Crippen LogP contribution in [0.25, 0.3) is 22.1 Å². The van der Waals surface area contributed by atoms with Gasteiger partial charge in [0.2, 0.25) is 0 Å². The highest BCUT2D eigenvalue weighted by Crippen LogP contribution is 2.36. The van der Waals surface area contributed by atoms with Gasteiger partial charge in [0.1, 0.15) is 12.2 Å². The Morgan fingerprint density at radius 2 is 1.70 bits per heavy atom.